The van der Waals surface area contributed by atoms with Gasteiger partial charge in [-0.05, 0) is 106 Å². The molecule has 8 nitrogen and oxygen atoms in total. The number of hydrogen-bond donors (Lipinski definition) is 1. The van der Waals surface area contributed by atoms with Gasteiger partial charge in [-0.3, -0.25) is 9.52 Å². The molecule has 1 heterocycles. The van der Waals surface area contributed by atoms with Crippen molar-refractivity contribution < 1.29 is 22.1 Å². The van der Waals surface area contributed by atoms with Gasteiger partial charge in [0.2, 0.25) is 21.8 Å². The molecule has 3 atom stereocenters. The van der Waals surface area contributed by atoms with E-state index in [0.717, 1.165) is 61.2 Å². The molecule has 47 heavy (non-hydrogen) atoms. The van der Waals surface area contributed by atoms with Crippen molar-refractivity contribution in [2.24, 2.45) is 17.3 Å². The summed E-state index contributed by atoms with van der Waals surface area (Å²) in [6.45, 7) is 10.2. The molecule has 3 unspecified atom stereocenters. The summed E-state index contributed by atoms with van der Waals surface area (Å²) in [7, 11) is -3.45. The predicted molar refractivity (Wildman–Crippen MR) is 181 cm³/mol. The van der Waals surface area contributed by atoms with Crippen molar-refractivity contribution in [2.45, 2.75) is 114 Å². The maximum atomic E-state index is 14.7. The number of nitrogens with one attached hydrogen (secondary N) is 1. The number of hydrogen-bond acceptors (Lipinski definition) is 6. The van der Waals surface area contributed by atoms with Crippen molar-refractivity contribution in [2.75, 3.05) is 16.2 Å². The first-order valence-electron chi connectivity index (χ1n) is 17.2. The van der Waals surface area contributed by atoms with Crippen LogP contribution in [0.15, 0.2) is 53.1 Å². The fourth-order valence-corrected chi connectivity index (χ4v) is 9.32. The van der Waals surface area contributed by atoms with Crippen molar-refractivity contribution >= 4 is 27.3 Å². The maximum absolute atomic E-state index is 14.7. The van der Waals surface area contributed by atoms with Gasteiger partial charge < -0.3 is 9.42 Å². The van der Waals surface area contributed by atoms with Gasteiger partial charge in [0, 0.05) is 28.7 Å². The molecule has 252 valence electrons. The smallest absolute Gasteiger partial charge is 0.235 e. The van der Waals surface area contributed by atoms with Gasteiger partial charge >= 0.3 is 0 Å². The molecule has 5 aliphatic carbocycles. The molecule has 0 spiro atoms. The summed E-state index contributed by atoms with van der Waals surface area (Å²) in [4.78, 5) is 21.2. The molecule has 0 saturated heterocycles. The van der Waals surface area contributed by atoms with Gasteiger partial charge in [-0.2, -0.15) is 4.98 Å². The number of anilines is 2. The Kier molecular flexibility index (Phi) is 7.65. The number of amides is 1. The molecule has 1 N–H and O–H groups in total. The van der Waals surface area contributed by atoms with Crippen LogP contribution in [-0.2, 0) is 25.6 Å². The van der Waals surface area contributed by atoms with Crippen LogP contribution in [0, 0.1) is 17.3 Å². The zero-order valence-electron chi connectivity index (χ0n) is 28.2. The normalized spacial score (nSPS) is 29.9. The first kappa shape index (κ1) is 32.3. The van der Waals surface area contributed by atoms with Crippen LogP contribution in [0.3, 0.4) is 0 Å². The quantitative estimate of drug-likeness (QED) is 0.249. The minimum atomic E-state index is -3.45. The van der Waals surface area contributed by atoms with E-state index in [2.05, 4.69) is 30.6 Å². The summed E-state index contributed by atoms with van der Waals surface area (Å²) in [5.41, 5.74) is 1.17. The van der Waals surface area contributed by atoms with E-state index in [4.69, 9.17) is 9.51 Å². The van der Waals surface area contributed by atoms with Crippen LogP contribution in [0.1, 0.15) is 104 Å². The van der Waals surface area contributed by atoms with Gasteiger partial charge in [-0.25, -0.2) is 12.8 Å². The number of sulfonamides is 1. The molecule has 0 aliphatic heterocycles. The van der Waals surface area contributed by atoms with Gasteiger partial charge in [-0.15, -0.1) is 0 Å². The van der Waals surface area contributed by atoms with Crippen molar-refractivity contribution in [1.82, 2.24) is 10.1 Å². The first-order valence-corrected chi connectivity index (χ1v) is 18.7. The molecule has 8 rings (SSSR count). The van der Waals surface area contributed by atoms with Gasteiger partial charge in [0.25, 0.3) is 0 Å². The molecule has 5 aliphatic rings. The van der Waals surface area contributed by atoms with Crippen LogP contribution >= 0.6 is 0 Å². The summed E-state index contributed by atoms with van der Waals surface area (Å²) in [6.07, 6.45) is 7.19. The monoisotopic (exact) mass is 662 g/mol. The molecule has 0 radical (unpaired) electrons. The molecule has 2 aromatic carbocycles. The van der Waals surface area contributed by atoms with E-state index < -0.39 is 26.4 Å². The molecule has 1 aromatic heterocycles. The van der Waals surface area contributed by atoms with Gasteiger partial charge in [-0.1, -0.05) is 63.0 Å². The van der Waals surface area contributed by atoms with Crippen LogP contribution in [0.25, 0.3) is 11.1 Å². The fraction of sp³-hybridized carbons (Fsp3) is 0.595. The lowest BCUT2D eigenvalue weighted by molar-refractivity contribution is -0.211. The number of nitrogens with zero attached hydrogens (tertiary/aromatic N) is 3. The van der Waals surface area contributed by atoms with Gasteiger partial charge in [0.1, 0.15) is 5.67 Å². The second-order valence-corrected chi connectivity index (χ2v) is 18.5. The number of carbonyl (C=O) groups excluding carboxylic acids is 1. The summed E-state index contributed by atoms with van der Waals surface area (Å²) < 4.78 is 47.7. The van der Waals surface area contributed by atoms with E-state index in [-0.39, 0.29) is 16.7 Å². The van der Waals surface area contributed by atoms with E-state index in [1.54, 1.807) is 26.0 Å². The highest BCUT2D eigenvalue weighted by Crippen LogP contribution is 2.70. The Balaban J connectivity index is 1.13. The Labute approximate surface area is 277 Å². The van der Waals surface area contributed by atoms with E-state index in [1.165, 1.54) is 0 Å². The Morgan fingerprint density at radius 2 is 1.79 bits per heavy atom. The third-order valence-electron chi connectivity index (χ3n) is 11.4. The molecule has 5 saturated carbocycles. The molecular formula is C37H47FN4O4S. The van der Waals surface area contributed by atoms with E-state index in [0.29, 0.717) is 49.2 Å². The lowest BCUT2D eigenvalue weighted by atomic mass is 9.42. The highest BCUT2D eigenvalue weighted by atomic mass is 32.2. The second kappa shape index (κ2) is 11.1. The minimum Gasteiger partial charge on any atom is -0.339 e. The second-order valence-electron chi connectivity index (χ2n) is 16.3. The third-order valence-corrected chi connectivity index (χ3v) is 13.2. The molecular weight excluding hydrogens is 615 g/mol. The zero-order chi connectivity index (χ0) is 33.4. The third kappa shape index (κ3) is 5.78. The lowest BCUT2D eigenvalue weighted by Crippen LogP contribution is -2.70. The van der Waals surface area contributed by atoms with Crippen LogP contribution in [0.5, 0.6) is 0 Å². The van der Waals surface area contributed by atoms with E-state index >= 15 is 0 Å². The van der Waals surface area contributed by atoms with Crippen LogP contribution in [0.4, 0.5) is 15.8 Å². The van der Waals surface area contributed by atoms with Gasteiger partial charge in [0.05, 0.1) is 10.7 Å². The Morgan fingerprint density at radius 1 is 1.06 bits per heavy atom. The average Bonchev–Trinajstić information content (AvgIpc) is 3.51. The minimum absolute atomic E-state index is 0.0493. The Hall–Kier alpha value is -3.27. The molecule has 5 fully saturated rings. The zero-order valence-corrected chi connectivity index (χ0v) is 29.0. The van der Waals surface area contributed by atoms with Crippen molar-refractivity contribution in [3.8, 4) is 11.1 Å². The first-order chi connectivity index (χ1) is 22.1. The standard InChI is InChI=1S/C37H47FN4O4S/c1-24(2)47(44,45)41-29-13-11-25(12-14-29)26-8-6-10-30(18-26)42(33(43)36-21-37(38,22-36)23-36)20-28-15-17-35(16-7-9-27(28)19-35)31-39-32(46-40-31)34(3,4)5/h6,8,10-14,18,24,27-28,41H,7,9,15-17,19-23H2,1-5H3. The van der Waals surface area contributed by atoms with Crippen LogP contribution < -0.4 is 9.62 Å². The van der Waals surface area contributed by atoms with Crippen molar-refractivity contribution in [3.63, 3.8) is 0 Å². The predicted octanol–water partition coefficient (Wildman–Crippen LogP) is 7.95. The number of fused-ring (bicyclic) bond motifs is 2. The molecule has 10 heteroatoms. The average molecular weight is 663 g/mol. The topological polar surface area (TPSA) is 105 Å². The summed E-state index contributed by atoms with van der Waals surface area (Å²) in [5, 5.41) is 3.95. The van der Waals surface area contributed by atoms with Crippen LogP contribution in [0.2, 0.25) is 0 Å². The Bertz CT molecular complexity index is 1760. The number of halogens is 1. The van der Waals surface area contributed by atoms with E-state index in [9.17, 15) is 17.6 Å². The number of aromatic nitrogens is 2. The fourth-order valence-electron chi connectivity index (χ4n) is 8.62. The summed E-state index contributed by atoms with van der Waals surface area (Å²) in [6, 6.07) is 15.3. The largest absolute Gasteiger partial charge is 0.339 e. The lowest BCUT2D eigenvalue weighted by Gasteiger charge is -2.65. The number of alkyl halides is 1. The summed E-state index contributed by atoms with van der Waals surface area (Å²) in [5.74, 6) is 2.34. The van der Waals surface area contributed by atoms with Crippen molar-refractivity contribution in [3.05, 3.63) is 60.2 Å². The van der Waals surface area contributed by atoms with Gasteiger partial charge in [0.15, 0.2) is 5.82 Å². The number of benzene rings is 2. The maximum Gasteiger partial charge on any atom is 0.235 e. The molecule has 4 bridgehead atoms. The highest BCUT2D eigenvalue weighted by molar-refractivity contribution is 7.93. The SMILES string of the molecule is CC(C)S(=O)(=O)Nc1ccc(-c2cccc(N(CC3CCC4(c5noc(C(C)(C)C)n5)CCCC3C4)C(=O)C34CC(F)(C3)C4)c2)cc1. The van der Waals surface area contributed by atoms with Crippen molar-refractivity contribution in [1.29, 1.82) is 0 Å². The Morgan fingerprint density at radius 3 is 2.43 bits per heavy atom. The number of carbonyl (C=O) groups is 1. The van der Waals surface area contributed by atoms with Crippen LogP contribution in [-0.4, -0.2) is 41.9 Å². The number of rotatable bonds is 9. The molecule has 3 aromatic rings. The highest BCUT2D eigenvalue weighted by Gasteiger charge is 2.73. The summed E-state index contributed by atoms with van der Waals surface area (Å²) >= 11 is 0. The van der Waals surface area contributed by atoms with E-state index in [1.807, 2.05) is 41.3 Å². The molecule has 1 amide bonds.